The fourth-order valence-corrected chi connectivity index (χ4v) is 2.70. The average Bonchev–Trinajstić information content (AvgIpc) is 2.44. The Bertz CT molecular complexity index is 377. The zero-order valence-corrected chi connectivity index (χ0v) is 13.5. The molecule has 0 aromatic carbocycles. The van der Waals surface area contributed by atoms with Gasteiger partial charge in [0.25, 0.3) is 0 Å². The Morgan fingerprint density at radius 2 is 1.57 bits per heavy atom. The Labute approximate surface area is 129 Å². The minimum atomic E-state index is -0.00360. The number of rotatable bonds is 11. The maximum absolute atomic E-state index is 11.3. The Hall–Kier alpha value is -1.18. The van der Waals surface area contributed by atoms with Gasteiger partial charge in [-0.2, -0.15) is 0 Å². The molecule has 0 unspecified atom stereocenters. The fraction of sp³-hybridized carbons (Fsp3) is 0.684. The molecule has 0 saturated carbocycles. The van der Waals surface area contributed by atoms with Crippen LogP contribution >= 0.6 is 0 Å². The van der Waals surface area contributed by atoms with Crippen LogP contribution in [0.1, 0.15) is 84.0 Å². The summed E-state index contributed by atoms with van der Waals surface area (Å²) < 4.78 is 0. The van der Waals surface area contributed by atoms with Gasteiger partial charge in [-0.05, 0) is 38.2 Å². The quantitative estimate of drug-likeness (QED) is 0.293. The highest BCUT2D eigenvalue weighted by Crippen LogP contribution is 2.19. The third-order valence-corrected chi connectivity index (χ3v) is 3.92. The van der Waals surface area contributed by atoms with Gasteiger partial charge in [0.15, 0.2) is 5.78 Å². The van der Waals surface area contributed by atoms with Gasteiger partial charge in [0, 0.05) is 6.42 Å². The maximum Gasteiger partial charge on any atom is 0.163 e. The summed E-state index contributed by atoms with van der Waals surface area (Å²) in [5, 5.41) is 0. The first-order valence-electron chi connectivity index (χ1n) is 8.61. The summed E-state index contributed by atoms with van der Waals surface area (Å²) in [6.45, 7) is 2.23. The summed E-state index contributed by atoms with van der Waals surface area (Å²) in [6.07, 6.45) is 19.0. The molecule has 0 radical (unpaired) electrons. The molecule has 0 amide bonds. The van der Waals surface area contributed by atoms with E-state index in [-0.39, 0.29) is 18.0 Å². The first kappa shape index (κ1) is 17.9. The molecule has 0 atom stereocenters. The Morgan fingerprint density at radius 3 is 2.29 bits per heavy atom. The van der Waals surface area contributed by atoms with Crippen LogP contribution in [0.25, 0.3) is 0 Å². The molecule has 2 heteroatoms. The number of ketones is 2. The summed E-state index contributed by atoms with van der Waals surface area (Å²) in [6, 6.07) is 0. The van der Waals surface area contributed by atoms with Gasteiger partial charge in [0.1, 0.15) is 5.78 Å². The minimum absolute atomic E-state index is 0.00360. The van der Waals surface area contributed by atoms with E-state index in [1.54, 1.807) is 6.08 Å². The van der Waals surface area contributed by atoms with Crippen LogP contribution in [0.15, 0.2) is 23.8 Å². The van der Waals surface area contributed by atoms with Crippen LogP contribution in [0, 0.1) is 0 Å². The fourth-order valence-electron chi connectivity index (χ4n) is 2.70. The molecule has 0 saturated heterocycles. The molecule has 1 aliphatic rings. The molecule has 0 fully saturated rings. The van der Waals surface area contributed by atoms with Gasteiger partial charge < -0.3 is 0 Å². The number of carbonyl (C=O) groups is 2. The van der Waals surface area contributed by atoms with Crippen LogP contribution < -0.4 is 0 Å². The van der Waals surface area contributed by atoms with Crippen molar-refractivity contribution in [2.24, 2.45) is 0 Å². The third kappa shape index (κ3) is 9.38. The maximum atomic E-state index is 11.3. The molecule has 118 valence electrons. The van der Waals surface area contributed by atoms with Gasteiger partial charge in [0.05, 0.1) is 6.42 Å². The van der Waals surface area contributed by atoms with Gasteiger partial charge in [-0.1, -0.05) is 56.8 Å². The van der Waals surface area contributed by atoms with E-state index in [9.17, 15) is 9.59 Å². The molecule has 0 spiro atoms. The zero-order valence-electron chi connectivity index (χ0n) is 13.5. The van der Waals surface area contributed by atoms with E-state index in [0.29, 0.717) is 6.42 Å². The van der Waals surface area contributed by atoms with Gasteiger partial charge in [-0.3, -0.25) is 9.59 Å². The molecule has 0 bridgehead atoms. The van der Waals surface area contributed by atoms with Crippen molar-refractivity contribution in [3.8, 4) is 0 Å². The van der Waals surface area contributed by atoms with Gasteiger partial charge >= 0.3 is 0 Å². The summed E-state index contributed by atoms with van der Waals surface area (Å²) >= 11 is 0. The second kappa shape index (κ2) is 11.5. The van der Waals surface area contributed by atoms with Crippen LogP contribution in [-0.4, -0.2) is 11.6 Å². The molecular formula is C19H30O2. The summed E-state index contributed by atoms with van der Waals surface area (Å²) in [4.78, 5) is 22.6. The highest BCUT2D eigenvalue weighted by molar-refractivity contribution is 6.08. The topological polar surface area (TPSA) is 34.1 Å². The number of Topliss-reactive ketones (excluding diaryl/α,β-unsaturated/α-hetero) is 1. The van der Waals surface area contributed by atoms with Crippen molar-refractivity contribution >= 4 is 11.6 Å². The molecular weight excluding hydrogens is 260 g/mol. The van der Waals surface area contributed by atoms with Crippen molar-refractivity contribution in [3.63, 3.8) is 0 Å². The Balaban J connectivity index is 1.94. The second-order valence-corrected chi connectivity index (χ2v) is 6.08. The minimum Gasteiger partial charge on any atom is -0.299 e. The van der Waals surface area contributed by atoms with Crippen molar-refractivity contribution in [1.82, 2.24) is 0 Å². The predicted molar refractivity (Wildman–Crippen MR) is 88.3 cm³/mol. The smallest absolute Gasteiger partial charge is 0.163 e. The molecule has 1 aliphatic carbocycles. The van der Waals surface area contributed by atoms with Crippen molar-refractivity contribution in [3.05, 3.63) is 23.8 Å². The highest BCUT2D eigenvalue weighted by atomic mass is 16.1. The van der Waals surface area contributed by atoms with E-state index in [0.717, 1.165) is 18.4 Å². The molecule has 21 heavy (non-hydrogen) atoms. The normalized spacial score (nSPS) is 15.8. The molecule has 0 N–H and O–H groups in total. The predicted octanol–water partition coefficient (Wildman–Crippen LogP) is 5.32. The third-order valence-electron chi connectivity index (χ3n) is 3.92. The van der Waals surface area contributed by atoms with Crippen molar-refractivity contribution < 1.29 is 9.59 Å². The van der Waals surface area contributed by atoms with Crippen LogP contribution in [-0.2, 0) is 9.59 Å². The van der Waals surface area contributed by atoms with Crippen molar-refractivity contribution in [1.29, 1.82) is 0 Å². The Kier molecular flexibility index (Phi) is 9.77. The summed E-state index contributed by atoms with van der Waals surface area (Å²) in [7, 11) is 0. The van der Waals surface area contributed by atoms with E-state index in [4.69, 9.17) is 0 Å². The van der Waals surface area contributed by atoms with Gasteiger partial charge in [-0.15, -0.1) is 0 Å². The number of allylic oxidation sites excluding steroid dienone is 4. The van der Waals surface area contributed by atoms with Gasteiger partial charge in [-0.25, -0.2) is 0 Å². The molecule has 2 nitrogen and oxygen atoms in total. The van der Waals surface area contributed by atoms with E-state index >= 15 is 0 Å². The van der Waals surface area contributed by atoms with Crippen LogP contribution in [0.5, 0.6) is 0 Å². The molecule has 0 aliphatic heterocycles. The zero-order chi connectivity index (χ0) is 15.3. The first-order valence-corrected chi connectivity index (χ1v) is 8.61. The van der Waals surface area contributed by atoms with Crippen molar-refractivity contribution in [2.75, 3.05) is 0 Å². The molecule has 0 aromatic rings. The van der Waals surface area contributed by atoms with Crippen LogP contribution in [0.2, 0.25) is 0 Å². The standard InChI is InChI=1S/C19H30O2/c1-2-3-4-5-6-7-8-9-10-11-12-13-17-14-18(20)16-19(21)15-17/h5-6,14H,2-4,7-13,15-16H2,1H3/b6-5-. The average molecular weight is 290 g/mol. The lowest BCUT2D eigenvalue weighted by atomic mass is 9.93. The molecule has 1 rings (SSSR count). The van der Waals surface area contributed by atoms with Crippen LogP contribution in [0.3, 0.4) is 0 Å². The van der Waals surface area contributed by atoms with E-state index in [1.165, 1.54) is 51.4 Å². The highest BCUT2D eigenvalue weighted by Gasteiger charge is 2.16. The first-order chi connectivity index (χ1) is 10.2. The Morgan fingerprint density at radius 1 is 0.905 bits per heavy atom. The number of hydrogen-bond donors (Lipinski definition) is 0. The number of carbonyl (C=O) groups excluding carboxylic acids is 2. The molecule has 0 heterocycles. The van der Waals surface area contributed by atoms with Gasteiger partial charge in [0.2, 0.25) is 0 Å². The van der Waals surface area contributed by atoms with E-state index in [1.807, 2.05) is 0 Å². The lowest BCUT2D eigenvalue weighted by molar-refractivity contribution is -0.125. The molecule has 0 aromatic heterocycles. The lowest BCUT2D eigenvalue weighted by Gasteiger charge is -2.10. The number of hydrogen-bond acceptors (Lipinski definition) is 2. The number of unbranched alkanes of at least 4 members (excludes halogenated alkanes) is 7. The van der Waals surface area contributed by atoms with E-state index in [2.05, 4.69) is 19.1 Å². The van der Waals surface area contributed by atoms with Crippen molar-refractivity contribution in [2.45, 2.75) is 84.0 Å². The largest absolute Gasteiger partial charge is 0.299 e. The lowest BCUT2D eigenvalue weighted by Crippen LogP contribution is -2.13. The monoisotopic (exact) mass is 290 g/mol. The second-order valence-electron chi connectivity index (χ2n) is 6.08. The van der Waals surface area contributed by atoms with Crippen LogP contribution in [0.4, 0.5) is 0 Å². The van der Waals surface area contributed by atoms with E-state index < -0.39 is 0 Å². The SMILES string of the molecule is CCCC/C=C\CCCCCCCC1=CC(=O)CC(=O)C1. The summed E-state index contributed by atoms with van der Waals surface area (Å²) in [5.74, 6) is 0.0865. The summed E-state index contributed by atoms with van der Waals surface area (Å²) in [5.41, 5.74) is 1.05.